The Labute approximate surface area is 88.1 Å². The van der Waals surface area contributed by atoms with Gasteiger partial charge >= 0.3 is 0 Å². The average Bonchev–Trinajstić information content (AvgIpc) is 2.09. The Kier molecular flexibility index (Phi) is 9.10. The molecule has 0 spiro atoms. The molecule has 0 fully saturated rings. The van der Waals surface area contributed by atoms with Crippen LogP contribution >= 0.6 is 11.8 Å². The van der Waals surface area contributed by atoms with Gasteiger partial charge < -0.3 is 5.32 Å². The summed E-state index contributed by atoms with van der Waals surface area (Å²) < 4.78 is 0. The van der Waals surface area contributed by atoms with Crippen molar-refractivity contribution in [1.82, 2.24) is 5.32 Å². The van der Waals surface area contributed by atoms with Gasteiger partial charge in [-0.2, -0.15) is 11.8 Å². The molecule has 0 aromatic heterocycles. The van der Waals surface area contributed by atoms with Crippen molar-refractivity contribution in [3.8, 4) is 0 Å². The van der Waals surface area contributed by atoms with Crippen LogP contribution in [0.1, 0.15) is 47.0 Å². The fraction of sp³-hybridized carbons (Fsp3) is 1.00. The lowest BCUT2D eigenvalue weighted by atomic mass is 10.3. The van der Waals surface area contributed by atoms with Gasteiger partial charge in [0.05, 0.1) is 0 Å². The van der Waals surface area contributed by atoms with Gasteiger partial charge in [0.2, 0.25) is 0 Å². The van der Waals surface area contributed by atoms with E-state index in [0.717, 1.165) is 11.8 Å². The SMILES string of the molecule is CCCCCSC(C)CNC(C)C. The molecule has 0 aliphatic heterocycles. The lowest BCUT2D eigenvalue weighted by Crippen LogP contribution is -2.29. The van der Waals surface area contributed by atoms with E-state index >= 15 is 0 Å². The summed E-state index contributed by atoms with van der Waals surface area (Å²) in [6.45, 7) is 10.1. The molecular weight excluding hydrogens is 178 g/mol. The molecule has 0 aromatic carbocycles. The standard InChI is InChI=1S/C11H25NS/c1-5-6-7-8-13-11(4)9-12-10(2)3/h10-12H,5-9H2,1-4H3. The summed E-state index contributed by atoms with van der Waals surface area (Å²) in [4.78, 5) is 0. The number of nitrogens with one attached hydrogen (secondary N) is 1. The van der Waals surface area contributed by atoms with E-state index in [-0.39, 0.29) is 0 Å². The topological polar surface area (TPSA) is 12.0 Å². The van der Waals surface area contributed by atoms with Gasteiger partial charge in [-0.3, -0.25) is 0 Å². The van der Waals surface area contributed by atoms with Crippen LogP contribution in [0.2, 0.25) is 0 Å². The molecule has 0 aliphatic carbocycles. The minimum Gasteiger partial charge on any atom is -0.313 e. The van der Waals surface area contributed by atoms with Crippen molar-refractivity contribution in [3.05, 3.63) is 0 Å². The third-order valence-corrected chi connectivity index (χ3v) is 3.22. The van der Waals surface area contributed by atoms with Crippen molar-refractivity contribution in [2.45, 2.75) is 58.2 Å². The molecule has 2 heteroatoms. The summed E-state index contributed by atoms with van der Waals surface area (Å²) in [6, 6.07) is 0.624. The summed E-state index contributed by atoms with van der Waals surface area (Å²) in [5, 5.41) is 4.23. The maximum atomic E-state index is 3.47. The Morgan fingerprint density at radius 2 is 1.85 bits per heavy atom. The van der Waals surface area contributed by atoms with E-state index in [4.69, 9.17) is 0 Å². The zero-order valence-electron chi connectivity index (χ0n) is 9.60. The number of rotatable bonds is 8. The van der Waals surface area contributed by atoms with Crippen LogP contribution < -0.4 is 5.32 Å². The van der Waals surface area contributed by atoms with Gasteiger partial charge in [0.15, 0.2) is 0 Å². The highest BCUT2D eigenvalue weighted by atomic mass is 32.2. The summed E-state index contributed by atoms with van der Waals surface area (Å²) in [5.74, 6) is 1.33. The third kappa shape index (κ3) is 10.2. The van der Waals surface area contributed by atoms with E-state index in [1.54, 1.807) is 0 Å². The molecule has 0 bridgehead atoms. The van der Waals surface area contributed by atoms with Crippen LogP contribution in [-0.4, -0.2) is 23.6 Å². The summed E-state index contributed by atoms with van der Waals surface area (Å²) >= 11 is 2.10. The van der Waals surface area contributed by atoms with Gasteiger partial charge in [0, 0.05) is 17.8 Å². The maximum absolute atomic E-state index is 3.47. The van der Waals surface area contributed by atoms with Crippen LogP contribution in [0.4, 0.5) is 0 Å². The predicted molar refractivity (Wildman–Crippen MR) is 64.6 cm³/mol. The molecular formula is C11H25NS. The van der Waals surface area contributed by atoms with Crippen LogP contribution in [0.15, 0.2) is 0 Å². The largest absolute Gasteiger partial charge is 0.313 e. The molecule has 0 aromatic rings. The van der Waals surface area contributed by atoms with Crippen LogP contribution in [0.3, 0.4) is 0 Å². The highest BCUT2D eigenvalue weighted by Gasteiger charge is 2.02. The maximum Gasteiger partial charge on any atom is 0.0144 e. The molecule has 0 heterocycles. The smallest absolute Gasteiger partial charge is 0.0144 e. The fourth-order valence-electron chi connectivity index (χ4n) is 1.10. The zero-order valence-corrected chi connectivity index (χ0v) is 10.4. The van der Waals surface area contributed by atoms with Crippen LogP contribution in [0.25, 0.3) is 0 Å². The molecule has 0 saturated carbocycles. The monoisotopic (exact) mass is 203 g/mol. The Morgan fingerprint density at radius 3 is 2.38 bits per heavy atom. The van der Waals surface area contributed by atoms with E-state index in [1.165, 1.54) is 25.0 Å². The minimum absolute atomic E-state index is 0.624. The molecule has 80 valence electrons. The van der Waals surface area contributed by atoms with Crippen molar-refractivity contribution < 1.29 is 0 Å². The quantitative estimate of drug-likeness (QED) is 0.608. The van der Waals surface area contributed by atoms with Crippen molar-refractivity contribution >= 4 is 11.8 Å². The van der Waals surface area contributed by atoms with Gasteiger partial charge in [0.1, 0.15) is 0 Å². The lowest BCUT2D eigenvalue weighted by Gasteiger charge is -2.14. The minimum atomic E-state index is 0.624. The second-order valence-corrected chi connectivity index (χ2v) is 5.50. The number of hydrogen-bond acceptors (Lipinski definition) is 2. The molecule has 0 rings (SSSR count). The van der Waals surface area contributed by atoms with Gasteiger partial charge in [-0.05, 0) is 12.2 Å². The number of thioether (sulfide) groups is 1. The summed E-state index contributed by atoms with van der Waals surface area (Å²) in [6.07, 6.45) is 4.10. The molecule has 13 heavy (non-hydrogen) atoms. The highest BCUT2D eigenvalue weighted by molar-refractivity contribution is 7.99. The van der Waals surface area contributed by atoms with E-state index in [0.29, 0.717) is 6.04 Å². The normalized spacial score (nSPS) is 13.6. The van der Waals surface area contributed by atoms with E-state index in [9.17, 15) is 0 Å². The van der Waals surface area contributed by atoms with Crippen LogP contribution in [0.5, 0.6) is 0 Å². The second-order valence-electron chi connectivity index (χ2n) is 3.95. The molecule has 0 radical (unpaired) electrons. The Hall–Kier alpha value is 0.310. The van der Waals surface area contributed by atoms with Crippen molar-refractivity contribution in [1.29, 1.82) is 0 Å². The average molecular weight is 203 g/mol. The first kappa shape index (κ1) is 13.3. The van der Waals surface area contributed by atoms with Gasteiger partial charge in [-0.25, -0.2) is 0 Å². The van der Waals surface area contributed by atoms with Crippen molar-refractivity contribution in [2.24, 2.45) is 0 Å². The highest BCUT2D eigenvalue weighted by Crippen LogP contribution is 2.12. The molecule has 1 unspecified atom stereocenters. The van der Waals surface area contributed by atoms with Gasteiger partial charge in [-0.1, -0.05) is 40.5 Å². The first-order chi connectivity index (χ1) is 6.16. The first-order valence-electron chi connectivity index (χ1n) is 5.51. The molecule has 1 atom stereocenters. The Balaban J connectivity index is 3.15. The first-order valence-corrected chi connectivity index (χ1v) is 6.56. The van der Waals surface area contributed by atoms with Gasteiger partial charge in [0.25, 0.3) is 0 Å². The molecule has 0 saturated heterocycles. The van der Waals surface area contributed by atoms with Crippen LogP contribution in [-0.2, 0) is 0 Å². The predicted octanol–water partition coefficient (Wildman–Crippen LogP) is 3.30. The number of unbranched alkanes of at least 4 members (excludes halogenated alkanes) is 2. The molecule has 1 N–H and O–H groups in total. The second kappa shape index (κ2) is 8.89. The van der Waals surface area contributed by atoms with Crippen molar-refractivity contribution in [2.75, 3.05) is 12.3 Å². The van der Waals surface area contributed by atoms with Gasteiger partial charge in [-0.15, -0.1) is 0 Å². The zero-order chi connectivity index (χ0) is 10.1. The fourth-order valence-corrected chi connectivity index (χ4v) is 2.08. The van der Waals surface area contributed by atoms with E-state index in [1.807, 2.05) is 0 Å². The Bertz CT molecular complexity index is 104. The molecule has 1 nitrogen and oxygen atoms in total. The summed E-state index contributed by atoms with van der Waals surface area (Å²) in [5.41, 5.74) is 0. The van der Waals surface area contributed by atoms with Crippen LogP contribution in [0, 0.1) is 0 Å². The lowest BCUT2D eigenvalue weighted by molar-refractivity contribution is 0.589. The van der Waals surface area contributed by atoms with Crippen molar-refractivity contribution in [3.63, 3.8) is 0 Å². The number of hydrogen-bond donors (Lipinski definition) is 1. The third-order valence-electron chi connectivity index (χ3n) is 1.96. The molecule has 0 amide bonds. The van der Waals surface area contributed by atoms with E-state index in [2.05, 4.69) is 44.8 Å². The Morgan fingerprint density at radius 1 is 1.15 bits per heavy atom. The summed E-state index contributed by atoms with van der Waals surface area (Å²) in [7, 11) is 0. The van der Waals surface area contributed by atoms with E-state index < -0.39 is 0 Å². The molecule has 0 aliphatic rings.